The average molecular weight is 281 g/mol. The van der Waals surface area contributed by atoms with Crippen LogP contribution in [0.1, 0.15) is 58.3 Å². The SMILES string of the molecule is CC1CCNCCCN(CC2CCCCC2)CCCN1. The molecule has 0 amide bonds. The van der Waals surface area contributed by atoms with Crippen LogP contribution in [0.2, 0.25) is 0 Å². The second-order valence-corrected chi connectivity index (χ2v) is 6.91. The summed E-state index contributed by atoms with van der Waals surface area (Å²) < 4.78 is 0. The fraction of sp³-hybridized carbons (Fsp3) is 1.00. The third-order valence-electron chi connectivity index (χ3n) is 4.97. The first kappa shape index (κ1) is 16.3. The number of hydrogen-bond donors (Lipinski definition) is 2. The van der Waals surface area contributed by atoms with Gasteiger partial charge in [0.05, 0.1) is 0 Å². The highest BCUT2D eigenvalue weighted by molar-refractivity contribution is 4.72. The Labute approximate surface area is 125 Å². The molecule has 0 radical (unpaired) electrons. The van der Waals surface area contributed by atoms with Crippen LogP contribution in [0.3, 0.4) is 0 Å². The van der Waals surface area contributed by atoms with Gasteiger partial charge in [0.15, 0.2) is 0 Å². The zero-order chi connectivity index (χ0) is 14.0. The third kappa shape index (κ3) is 6.55. The standard InChI is InChI=1S/C17H35N3/c1-16-9-12-18-10-5-13-20(14-6-11-19-16)15-17-7-3-2-4-8-17/h16-19H,2-15H2,1H3. The van der Waals surface area contributed by atoms with Crippen LogP contribution in [0.15, 0.2) is 0 Å². The number of nitrogens with zero attached hydrogens (tertiary/aromatic N) is 1. The van der Waals surface area contributed by atoms with Crippen LogP contribution < -0.4 is 10.6 Å². The van der Waals surface area contributed by atoms with Crippen molar-refractivity contribution in [2.24, 2.45) is 5.92 Å². The van der Waals surface area contributed by atoms with Crippen molar-refractivity contribution in [1.29, 1.82) is 0 Å². The fourth-order valence-corrected chi connectivity index (χ4v) is 3.65. The Hall–Kier alpha value is -0.120. The van der Waals surface area contributed by atoms with Crippen molar-refractivity contribution in [1.82, 2.24) is 15.5 Å². The summed E-state index contributed by atoms with van der Waals surface area (Å²) in [6, 6.07) is 0.661. The second kappa shape index (κ2) is 9.75. The Bertz CT molecular complexity index is 238. The smallest absolute Gasteiger partial charge is 0.00508 e. The lowest BCUT2D eigenvalue weighted by Crippen LogP contribution is -2.38. The molecule has 0 aromatic carbocycles. The summed E-state index contributed by atoms with van der Waals surface area (Å²) in [6.07, 6.45) is 11.2. The molecule has 1 atom stereocenters. The van der Waals surface area contributed by atoms with Gasteiger partial charge in [-0.25, -0.2) is 0 Å². The van der Waals surface area contributed by atoms with Gasteiger partial charge in [-0.1, -0.05) is 19.3 Å². The molecule has 1 saturated carbocycles. The number of nitrogens with one attached hydrogen (secondary N) is 2. The lowest BCUT2D eigenvalue weighted by atomic mass is 9.89. The molecule has 2 aliphatic rings. The molecule has 118 valence electrons. The van der Waals surface area contributed by atoms with Gasteiger partial charge < -0.3 is 15.5 Å². The van der Waals surface area contributed by atoms with Crippen molar-refractivity contribution >= 4 is 0 Å². The first-order valence-corrected chi connectivity index (χ1v) is 9.01. The van der Waals surface area contributed by atoms with Crippen LogP contribution in [0.5, 0.6) is 0 Å². The van der Waals surface area contributed by atoms with Gasteiger partial charge in [-0.3, -0.25) is 0 Å². The van der Waals surface area contributed by atoms with E-state index in [9.17, 15) is 0 Å². The predicted molar refractivity (Wildman–Crippen MR) is 87.2 cm³/mol. The van der Waals surface area contributed by atoms with Crippen molar-refractivity contribution in [3.05, 3.63) is 0 Å². The van der Waals surface area contributed by atoms with Crippen LogP contribution in [0.25, 0.3) is 0 Å². The molecular weight excluding hydrogens is 246 g/mol. The summed E-state index contributed by atoms with van der Waals surface area (Å²) >= 11 is 0. The molecule has 1 heterocycles. The van der Waals surface area contributed by atoms with E-state index in [2.05, 4.69) is 22.5 Å². The minimum absolute atomic E-state index is 0.661. The van der Waals surface area contributed by atoms with Gasteiger partial charge >= 0.3 is 0 Å². The molecule has 1 unspecified atom stereocenters. The molecule has 0 aromatic heterocycles. The molecule has 3 heteroatoms. The van der Waals surface area contributed by atoms with E-state index in [1.54, 1.807) is 0 Å². The van der Waals surface area contributed by atoms with E-state index < -0.39 is 0 Å². The van der Waals surface area contributed by atoms with Gasteiger partial charge in [-0.05, 0) is 77.7 Å². The van der Waals surface area contributed by atoms with Gasteiger partial charge in [-0.15, -0.1) is 0 Å². The Balaban J connectivity index is 1.73. The molecule has 0 aromatic rings. The van der Waals surface area contributed by atoms with Crippen LogP contribution >= 0.6 is 0 Å². The van der Waals surface area contributed by atoms with Crippen LogP contribution in [-0.2, 0) is 0 Å². The second-order valence-electron chi connectivity index (χ2n) is 6.91. The van der Waals surface area contributed by atoms with E-state index in [4.69, 9.17) is 0 Å². The first-order chi connectivity index (χ1) is 9.84. The van der Waals surface area contributed by atoms with Crippen LogP contribution in [-0.4, -0.2) is 50.2 Å². The van der Waals surface area contributed by atoms with Crippen molar-refractivity contribution in [3.8, 4) is 0 Å². The monoisotopic (exact) mass is 281 g/mol. The van der Waals surface area contributed by atoms with Crippen molar-refractivity contribution < 1.29 is 0 Å². The fourth-order valence-electron chi connectivity index (χ4n) is 3.65. The Morgan fingerprint density at radius 3 is 2.40 bits per heavy atom. The zero-order valence-electron chi connectivity index (χ0n) is 13.5. The van der Waals surface area contributed by atoms with E-state index in [1.165, 1.54) is 84.1 Å². The topological polar surface area (TPSA) is 27.3 Å². The molecule has 2 N–H and O–H groups in total. The molecule has 3 nitrogen and oxygen atoms in total. The van der Waals surface area contributed by atoms with Gasteiger partial charge in [0.25, 0.3) is 0 Å². The highest BCUT2D eigenvalue weighted by Gasteiger charge is 2.17. The molecule has 2 rings (SSSR count). The molecule has 1 saturated heterocycles. The summed E-state index contributed by atoms with van der Waals surface area (Å²) in [5.41, 5.74) is 0. The minimum atomic E-state index is 0.661. The van der Waals surface area contributed by atoms with Crippen LogP contribution in [0, 0.1) is 5.92 Å². The summed E-state index contributed by atoms with van der Waals surface area (Å²) in [7, 11) is 0. The van der Waals surface area contributed by atoms with Gasteiger partial charge in [-0.2, -0.15) is 0 Å². The van der Waals surface area contributed by atoms with E-state index in [0.717, 1.165) is 12.5 Å². The third-order valence-corrected chi connectivity index (χ3v) is 4.97. The van der Waals surface area contributed by atoms with E-state index in [1.807, 2.05) is 0 Å². The maximum absolute atomic E-state index is 3.66. The maximum atomic E-state index is 3.66. The zero-order valence-corrected chi connectivity index (χ0v) is 13.5. The summed E-state index contributed by atoms with van der Waals surface area (Å²) in [5.74, 6) is 0.983. The average Bonchev–Trinajstić information content (AvgIpc) is 2.46. The molecule has 20 heavy (non-hydrogen) atoms. The summed E-state index contributed by atoms with van der Waals surface area (Å²) in [4.78, 5) is 2.74. The highest BCUT2D eigenvalue weighted by atomic mass is 15.1. The summed E-state index contributed by atoms with van der Waals surface area (Å²) in [5, 5.41) is 7.25. The van der Waals surface area contributed by atoms with E-state index in [-0.39, 0.29) is 0 Å². The number of rotatable bonds is 2. The normalized spacial score (nSPS) is 29.6. The van der Waals surface area contributed by atoms with Gasteiger partial charge in [0.2, 0.25) is 0 Å². The Morgan fingerprint density at radius 1 is 0.850 bits per heavy atom. The van der Waals surface area contributed by atoms with Gasteiger partial charge in [0.1, 0.15) is 0 Å². The first-order valence-electron chi connectivity index (χ1n) is 9.01. The minimum Gasteiger partial charge on any atom is -0.317 e. The van der Waals surface area contributed by atoms with Crippen molar-refractivity contribution in [2.45, 2.75) is 64.3 Å². The molecule has 1 aliphatic carbocycles. The lowest BCUT2D eigenvalue weighted by Gasteiger charge is -2.30. The van der Waals surface area contributed by atoms with Crippen LogP contribution in [0.4, 0.5) is 0 Å². The molecule has 2 fully saturated rings. The Kier molecular flexibility index (Phi) is 7.92. The van der Waals surface area contributed by atoms with Gasteiger partial charge in [0, 0.05) is 12.6 Å². The quantitative estimate of drug-likeness (QED) is 0.815. The molecule has 0 spiro atoms. The maximum Gasteiger partial charge on any atom is 0.00508 e. The largest absolute Gasteiger partial charge is 0.317 e. The molecule has 1 aliphatic heterocycles. The number of hydrogen-bond acceptors (Lipinski definition) is 3. The predicted octanol–water partition coefficient (Wildman–Crippen LogP) is 2.62. The van der Waals surface area contributed by atoms with E-state index in [0.29, 0.717) is 6.04 Å². The Morgan fingerprint density at radius 2 is 1.60 bits per heavy atom. The highest BCUT2D eigenvalue weighted by Crippen LogP contribution is 2.24. The molecular formula is C17H35N3. The van der Waals surface area contributed by atoms with E-state index >= 15 is 0 Å². The lowest BCUT2D eigenvalue weighted by molar-refractivity contribution is 0.194. The molecule has 0 bridgehead atoms. The van der Waals surface area contributed by atoms with Crippen molar-refractivity contribution in [2.75, 3.05) is 39.3 Å². The summed E-state index contributed by atoms with van der Waals surface area (Å²) in [6.45, 7) is 9.78. The van der Waals surface area contributed by atoms with Crippen molar-refractivity contribution in [3.63, 3.8) is 0 Å².